The van der Waals surface area contributed by atoms with Crippen molar-refractivity contribution in [3.05, 3.63) is 58.5 Å². The fraction of sp³-hybridized carbons (Fsp3) is 0.222. The second-order valence-electron chi connectivity index (χ2n) is 5.90. The third-order valence-electron chi connectivity index (χ3n) is 3.80. The van der Waals surface area contributed by atoms with Crippen LogP contribution in [0.1, 0.15) is 25.5 Å². The van der Waals surface area contributed by atoms with Gasteiger partial charge in [0.25, 0.3) is 5.56 Å². The van der Waals surface area contributed by atoms with E-state index in [1.807, 2.05) is 45.0 Å². The molecule has 0 aliphatic heterocycles. The molecule has 2 N–H and O–H groups in total. The average molecular weight is 321 g/mol. The molecule has 0 fully saturated rings. The van der Waals surface area contributed by atoms with Crippen LogP contribution in [0.25, 0.3) is 22.5 Å². The van der Waals surface area contributed by atoms with E-state index < -0.39 is 0 Å². The zero-order valence-corrected chi connectivity index (χ0v) is 13.9. The Bertz CT molecular complexity index is 946. The summed E-state index contributed by atoms with van der Waals surface area (Å²) in [4.78, 5) is 20.5. The number of hydrogen-bond acceptors (Lipinski definition) is 5. The molecule has 0 aliphatic rings. The zero-order chi connectivity index (χ0) is 17.3. The molecule has 2 heterocycles. The number of nitrogens with zero attached hydrogens (tertiary/aromatic N) is 4. The van der Waals surface area contributed by atoms with E-state index in [4.69, 9.17) is 5.73 Å². The largest absolute Gasteiger partial charge is 0.368 e. The minimum absolute atomic E-state index is 0.0333. The lowest BCUT2D eigenvalue weighted by atomic mass is 10.0. The number of aryl methyl sites for hydroxylation is 1. The predicted molar refractivity (Wildman–Crippen MR) is 94.5 cm³/mol. The molecule has 0 saturated carbocycles. The topological polar surface area (TPSA) is 86.7 Å². The molecule has 0 spiro atoms. The Morgan fingerprint density at radius 3 is 2.54 bits per heavy atom. The SMILES string of the molecule is Cc1ccccc1-c1nc(N)ncc1-c1ccc(=O)n(C(C)C)n1. The van der Waals surface area contributed by atoms with E-state index in [9.17, 15) is 4.79 Å². The Hall–Kier alpha value is -3.02. The van der Waals surface area contributed by atoms with Gasteiger partial charge in [0.05, 0.1) is 17.4 Å². The zero-order valence-electron chi connectivity index (χ0n) is 13.9. The molecule has 0 amide bonds. The molecular weight excluding hydrogens is 302 g/mol. The second-order valence-corrected chi connectivity index (χ2v) is 5.90. The summed E-state index contributed by atoms with van der Waals surface area (Å²) in [6, 6.07) is 11.1. The first-order valence-corrected chi connectivity index (χ1v) is 7.76. The van der Waals surface area contributed by atoms with Gasteiger partial charge >= 0.3 is 0 Å². The van der Waals surface area contributed by atoms with Gasteiger partial charge in [-0.1, -0.05) is 24.3 Å². The van der Waals surface area contributed by atoms with Crippen LogP contribution in [0.4, 0.5) is 5.95 Å². The van der Waals surface area contributed by atoms with Gasteiger partial charge in [-0.25, -0.2) is 14.6 Å². The van der Waals surface area contributed by atoms with Crippen molar-refractivity contribution in [2.75, 3.05) is 5.73 Å². The van der Waals surface area contributed by atoms with Crippen molar-refractivity contribution >= 4 is 5.95 Å². The van der Waals surface area contributed by atoms with Crippen LogP contribution in [-0.4, -0.2) is 19.7 Å². The third kappa shape index (κ3) is 2.90. The lowest BCUT2D eigenvalue weighted by Crippen LogP contribution is -2.24. The molecule has 0 saturated heterocycles. The fourth-order valence-electron chi connectivity index (χ4n) is 2.57. The molecule has 0 radical (unpaired) electrons. The number of nitrogen functional groups attached to an aromatic ring is 1. The Balaban J connectivity index is 2.25. The van der Waals surface area contributed by atoms with Crippen molar-refractivity contribution in [3.63, 3.8) is 0 Å². The van der Waals surface area contributed by atoms with Gasteiger partial charge < -0.3 is 5.73 Å². The first-order valence-electron chi connectivity index (χ1n) is 7.76. The van der Waals surface area contributed by atoms with Gasteiger partial charge in [-0.3, -0.25) is 4.79 Å². The van der Waals surface area contributed by atoms with Gasteiger partial charge in [-0.15, -0.1) is 0 Å². The minimum Gasteiger partial charge on any atom is -0.368 e. The monoisotopic (exact) mass is 321 g/mol. The molecule has 3 aromatic rings. The van der Waals surface area contributed by atoms with Crippen LogP contribution >= 0.6 is 0 Å². The highest BCUT2D eigenvalue weighted by molar-refractivity contribution is 5.80. The van der Waals surface area contributed by atoms with E-state index in [1.165, 1.54) is 10.7 Å². The molecule has 0 atom stereocenters. The van der Waals surface area contributed by atoms with Crippen molar-refractivity contribution < 1.29 is 0 Å². The standard InChI is InChI=1S/C18H19N5O/c1-11(2)23-16(24)9-8-15(22-23)14-10-20-18(19)21-17(14)13-7-5-4-6-12(13)3/h4-11H,1-3H3,(H2,19,20,21). The lowest BCUT2D eigenvalue weighted by molar-refractivity contribution is 0.505. The van der Waals surface area contributed by atoms with E-state index in [1.54, 1.807) is 12.3 Å². The van der Waals surface area contributed by atoms with Crippen molar-refractivity contribution in [3.8, 4) is 22.5 Å². The average Bonchev–Trinajstić information content (AvgIpc) is 2.55. The van der Waals surface area contributed by atoms with Crippen LogP contribution in [0.2, 0.25) is 0 Å². The second kappa shape index (κ2) is 6.23. The van der Waals surface area contributed by atoms with Crippen LogP contribution in [0.5, 0.6) is 0 Å². The highest BCUT2D eigenvalue weighted by Gasteiger charge is 2.15. The van der Waals surface area contributed by atoms with Crippen LogP contribution < -0.4 is 11.3 Å². The van der Waals surface area contributed by atoms with Gasteiger partial charge in [-0.2, -0.15) is 5.10 Å². The van der Waals surface area contributed by atoms with Crippen molar-refractivity contribution in [2.45, 2.75) is 26.8 Å². The maximum Gasteiger partial charge on any atom is 0.267 e. The Morgan fingerprint density at radius 2 is 1.83 bits per heavy atom. The van der Waals surface area contributed by atoms with Crippen molar-refractivity contribution in [1.29, 1.82) is 0 Å². The molecule has 0 bridgehead atoms. The number of rotatable bonds is 3. The normalized spacial score (nSPS) is 11.0. The highest BCUT2D eigenvalue weighted by atomic mass is 16.1. The van der Waals surface area contributed by atoms with Gasteiger partial charge in [0, 0.05) is 23.4 Å². The van der Waals surface area contributed by atoms with Gasteiger partial charge in [-0.05, 0) is 32.4 Å². The van der Waals surface area contributed by atoms with Crippen molar-refractivity contribution in [2.24, 2.45) is 0 Å². The maximum absolute atomic E-state index is 12.0. The van der Waals surface area contributed by atoms with Crippen LogP contribution in [0.15, 0.2) is 47.4 Å². The first-order chi connectivity index (χ1) is 11.5. The van der Waals surface area contributed by atoms with Gasteiger partial charge in [0.15, 0.2) is 0 Å². The summed E-state index contributed by atoms with van der Waals surface area (Å²) in [5, 5.41) is 4.47. The molecule has 6 heteroatoms. The lowest BCUT2D eigenvalue weighted by Gasteiger charge is -2.13. The minimum atomic E-state index is -0.137. The Morgan fingerprint density at radius 1 is 1.08 bits per heavy atom. The summed E-state index contributed by atoms with van der Waals surface area (Å²) < 4.78 is 1.45. The van der Waals surface area contributed by atoms with E-state index in [-0.39, 0.29) is 17.5 Å². The summed E-state index contributed by atoms with van der Waals surface area (Å²) in [6.45, 7) is 5.85. The number of aromatic nitrogens is 4. The van der Waals surface area contributed by atoms with Crippen LogP contribution in [0, 0.1) is 6.92 Å². The van der Waals surface area contributed by atoms with Crippen LogP contribution in [0.3, 0.4) is 0 Å². The first kappa shape index (κ1) is 15.9. The Labute approximate surface area is 140 Å². The van der Waals surface area contributed by atoms with Gasteiger partial charge in [0.1, 0.15) is 0 Å². The predicted octanol–water partition coefficient (Wildman–Crippen LogP) is 2.84. The maximum atomic E-state index is 12.0. The van der Waals surface area contributed by atoms with E-state index in [0.29, 0.717) is 11.4 Å². The molecule has 1 aromatic carbocycles. The summed E-state index contributed by atoms with van der Waals surface area (Å²) in [6.07, 6.45) is 1.65. The third-order valence-corrected chi connectivity index (χ3v) is 3.80. The molecule has 122 valence electrons. The summed E-state index contributed by atoms with van der Waals surface area (Å²) >= 11 is 0. The fourth-order valence-corrected chi connectivity index (χ4v) is 2.57. The molecular formula is C18H19N5O. The molecule has 3 rings (SSSR count). The van der Waals surface area contributed by atoms with Crippen LogP contribution in [-0.2, 0) is 0 Å². The molecule has 0 aliphatic carbocycles. The van der Waals surface area contributed by atoms with E-state index >= 15 is 0 Å². The smallest absolute Gasteiger partial charge is 0.267 e. The highest BCUT2D eigenvalue weighted by Crippen LogP contribution is 2.30. The summed E-state index contributed by atoms with van der Waals surface area (Å²) in [5.74, 6) is 0.203. The molecule has 6 nitrogen and oxygen atoms in total. The van der Waals surface area contributed by atoms with E-state index in [2.05, 4.69) is 15.1 Å². The molecule has 24 heavy (non-hydrogen) atoms. The number of anilines is 1. The summed E-state index contributed by atoms with van der Waals surface area (Å²) in [7, 11) is 0. The number of hydrogen-bond donors (Lipinski definition) is 1. The number of nitrogens with two attached hydrogens (primary N) is 1. The van der Waals surface area contributed by atoms with E-state index in [0.717, 1.165) is 16.7 Å². The number of benzene rings is 1. The summed E-state index contributed by atoms with van der Waals surface area (Å²) in [5.41, 5.74) is 9.80. The Kier molecular flexibility index (Phi) is 4.12. The molecule has 2 aromatic heterocycles. The van der Waals surface area contributed by atoms with Crippen molar-refractivity contribution in [1.82, 2.24) is 19.7 Å². The molecule has 0 unspecified atom stereocenters. The van der Waals surface area contributed by atoms with Gasteiger partial charge in [0.2, 0.25) is 5.95 Å². The quantitative estimate of drug-likeness (QED) is 0.801.